The van der Waals surface area contributed by atoms with Gasteiger partial charge in [0.15, 0.2) is 5.78 Å². The average molecular weight is 298 g/mol. The third-order valence-electron chi connectivity index (χ3n) is 3.51. The number of H-pyrrole nitrogens is 1. The van der Waals surface area contributed by atoms with Crippen molar-refractivity contribution in [3.63, 3.8) is 0 Å². The minimum absolute atomic E-state index is 0.0412. The number of amides is 1. The zero-order valence-corrected chi connectivity index (χ0v) is 13.1. The SMILES string of the molecule is CC(C)(CC(=O)NCc1ccc[nH]1)CC(=O)c1ccccc1. The quantitative estimate of drug-likeness (QED) is 0.770. The standard InChI is InChI=1S/C18H22N2O2/c1-18(2,11-16(21)14-7-4-3-5-8-14)12-17(22)20-13-15-9-6-10-19-15/h3-10,19H,11-13H2,1-2H3,(H,20,22). The number of hydrogen-bond donors (Lipinski definition) is 2. The Morgan fingerprint density at radius 2 is 1.77 bits per heavy atom. The number of aromatic amines is 1. The van der Waals surface area contributed by atoms with E-state index in [1.165, 1.54) is 0 Å². The molecule has 1 amide bonds. The summed E-state index contributed by atoms with van der Waals surface area (Å²) in [6, 6.07) is 13.0. The van der Waals surface area contributed by atoms with E-state index in [9.17, 15) is 9.59 Å². The summed E-state index contributed by atoms with van der Waals surface area (Å²) in [5.74, 6) is 0.0308. The van der Waals surface area contributed by atoms with Crippen LogP contribution < -0.4 is 5.32 Å². The highest BCUT2D eigenvalue weighted by Gasteiger charge is 2.25. The molecule has 0 fully saturated rings. The van der Waals surface area contributed by atoms with Crippen LogP contribution >= 0.6 is 0 Å². The molecule has 2 rings (SSSR count). The first-order valence-corrected chi connectivity index (χ1v) is 7.43. The normalized spacial score (nSPS) is 11.2. The lowest BCUT2D eigenvalue weighted by atomic mass is 9.82. The maximum Gasteiger partial charge on any atom is 0.220 e. The van der Waals surface area contributed by atoms with Gasteiger partial charge in [-0.15, -0.1) is 0 Å². The van der Waals surface area contributed by atoms with E-state index in [0.29, 0.717) is 24.9 Å². The Morgan fingerprint density at radius 3 is 2.41 bits per heavy atom. The molecule has 0 atom stereocenters. The molecular formula is C18H22N2O2. The lowest BCUT2D eigenvalue weighted by Gasteiger charge is -2.23. The first kappa shape index (κ1) is 16.0. The first-order valence-electron chi connectivity index (χ1n) is 7.43. The molecule has 2 aromatic rings. The summed E-state index contributed by atoms with van der Waals surface area (Å²) in [4.78, 5) is 27.3. The van der Waals surface area contributed by atoms with Crippen molar-refractivity contribution < 1.29 is 9.59 Å². The highest BCUT2D eigenvalue weighted by Crippen LogP contribution is 2.27. The van der Waals surface area contributed by atoms with Gasteiger partial charge in [-0.3, -0.25) is 9.59 Å². The van der Waals surface area contributed by atoms with Crippen molar-refractivity contribution in [2.24, 2.45) is 5.41 Å². The van der Waals surface area contributed by atoms with Crippen molar-refractivity contribution in [3.8, 4) is 0 Å². The number of Topliss-reactive ketones (excluding diaryl/α,β-unsaturated/α-hetero) is 1. The largest absolute Gasteiger partial charge is 0.364 e. The van der Waals surface area contributed by atoms with Gasteiger partial charge in [0.05, 0.1) is 6.54 Å². The molecule has 0 saturated heterocycles. The molecular weight excluding hydrogens is 276 g/mol. The van der Waals surface area contributed by atoms with Gasteiger partial charge in [-0.05, 0) is 17.5 Å². The summed E-state index contributed by atoms with van der Waals surface area (Å²) >= 11 is 0. The van der Waals surface area contributed by atoms with Crippen LogP contribution in [0.3, 0.4) is 0 Å². The second-order valence-corrected chi connectivity index (χ2v) is 6.28. The molecule has 4 heteroatoms. The first-order chi connectivity index (χ1) is 10.5. The van der Waals surface area contributed by atoms with Gasteiger partial charge in [0, 0.05) is 30.3 Å². The Kier molecular flexibility index (Phi) is 5.15. The Labute approximate surface area is 130 Å². The number of ketones is 1. The van der Waals surface area contributed by atoms with Crippen LogP contribution in [0.2, 0.25) is 0 Å². The van der Waals surface area contributed by atoms with Crippen LogP contribution in [0.15, 0.2) is 48.7 Å². The van der Waals surface area contributed by atoms with Crippen LogP contribution in [0.4, 0.5) is 0 Å². The van der Waals surface area contributed by atoms with Gasteiger partial charge in [-0.2, -0.15) is 0 Å². The minimum Gasteiger partial charge on any atom is -0.364 e. The van der Waals surface area contributed by atoms with E-state index in [0.717, 1.165) is 5.69 Å². The van der Waals surface area contributed by atoms with Crippen molar-refractivity contribution >= 4 is 11.7 Å². The number of carbonyl (C=O) groups is 2. The second-order valence-electron chi connectivity index (χ2n) is 6.28. The van der Waals surface area contributed by atoms with Gasteiger partial charge in [0.2, 0.25) is 5.91 Å². The predicted octanol–water partition coefficient (Wildman–Crippen LogP) is 3.32. The number of rotatable bonds is 7. The maximum absolute atomic E-state index is 12.2. The van der Waals surface area contributed by atoms with Gasteiger partial charge >= 0.3 is 0 Å². The van der Waals surface area contributed by atoms with Gasteiger partial charge in [0.1, 0.15) is 0 Å². The fraction of sp³-hybridized carbons (Fsp3) is 0.333. The van der Waals surface area contributed by atoms with E-state index in [1.807, 2.05) is 62.5 Å². The maximum atomic E-state index is 12.2. The summed E-state index contributed by atoms with van der Waals surface area (Å²) in [6.45, 7) is 4.37. The molecule has 0 spiro atoms. The van der Waals surface area contributed by atoms with Gasteiger partial charge in [-0.25, -0.2) is 0 Å². The molecule has 0 aliphatic rings. The van der Waals surface area contributed by atoms with Crippen LogP contribution in [-0.2, 0) is 11.3 Å². The molecule has 0 saturated carbocycles. The number of aromatic nitrogens is 1. The van der Waals surface area contributed by atoms with Crippen molar-refractivity contribution in [2.45, 2.75) is 33.2 Å². The van der Waals surface area contributed by atoms with E-state index in [-0.39, 0.29) is 17.1 Å². The van der Waals surface area contributed by atoms with Crippen molar-refractivity contribution in [2.75, 3.05) is 0 Å². The number of nitrogens with one attached hydrogen (secondary N) is 2. The van der Waals surface area contributed by atoms with Crippen LogP contribution in [0, 0.1) is 5.41 Å². The van der Waals surface area contributed by atoms with E-state index in [2.05, 4.69) is 10.3 Å². The Morgan fingerprint density at radius 1 is 1.05 bits per heavy atom. The summed E-state index contributed by atoms with van der Waals surface area (Å²) in [7, 11) is 0. The van der Waals surface area contributed by atoms with Crippen molar-refractivity contribution in [3.05, 3.63) is 59.9 Å². The van der Waals surface area contributed by atoms with Crippen molar-refractivity contribution in [1.29, 1.82) is 0 Å². The zero-order valence-electron chi connectivity index (χ0n) is 13.1. The topological polar surface area (TPSA) is 62.0 Å². The monoisotopic (exact) mass is 298 g/mol. The number of hydrogen-bond acceptors (Lipinski definition) is 2. The third-order valence-corrected chi connectivity index (χ3v) is 3.51. The molecule has 1 aromatic heterocycles. The second kappa shape index (κ2) is 7.07. The van der Waals surface area contributed by atoms with E-state index in [4.69, 9.17) is 0 Å². The van der Waals surface area contributed by atoms with E-state index >= 15 is 0 Å². The Hall–Kier alpha value is -2.36. The third kappa shape index (κ3) is 4.88. The van der Waals surface area contributed by atoms with Crippen molar-refractivity contribution in [1.82, 2.24) is 10.3 Å². The molecule has 0 aliphatic carbocycles. The van der Waals surface area contributed by atoms with Crippen LogP contribution in [0.1, 0.15) is 42.7 Å². The summed E-state index contributed by atoms with van der Waals surface area (Å²) in [5, 5.41) is 2.87. The zero-order chi connectivity index (χ0) is 16.0. The summed E-state index contributed by atoms with van der Waals surface area (Å²) in [5.41, 5.74) is 1.29. The van der Waals surface area contributed by atoms with Gasteiger partial charge in [0.25, 0.3) is 0 Å². The molecule has 2 N–H and O–H groups in total. The molecule has 22 heavy (non-hydrogen) atoms. The highest BCUT2D eigenvalue weighted by molar-refractivity contribution is 5.96. The molecule has 0 aliphatic heterocycles. The lowest BCUT2D eigenvalue weighted by Crippen LogP contribution is -2.30. The average Bonchev–Trinajstić information content (AvgIpc) is 2.98. The minimum atomic E-state index is -0.368. The molecule has 0 radical (unpaired) electrons. The summed E-state index contributed by atoms with van der Waals surface area (Å²) < 4.78 is 0. The Balaban J connectivity index is 1.84. The smallest absolute Gasteiger partial charge is 0.220 e. The molecule has 0 unspecified atom stereocenters. The summed E-state index contributed by atoms with van der Waals surface area (Å²) in [6.07, 6.45) is 2.50. The molecule has 0 bridgehead atoms. The van der Waals surface area contributed by atoms with Crippen LogP contribution in [-0.4, -0.2) is 16.7 Å². The number of benzene rings is 1. The van der Waals surface area contributed by atoms with Crippen LogP contribution in [0.25, 0.3) is 0 Å². The molecule has 116 valence electrons. The van der Waals surface area contributed by atoms with E-state index < -0.39 is 0 Å². The van der Waals surface area contributed by atoms with Gasteiger partial charge < -0.3 is 10.3 Å². The molecule has 1 heterocycles. The van der Waals surface area contributed by atoms with Crippen LogP contribution in [0.5, 0.6) is 0 Å². The molecule has 4 nitrogen and oxygen atoms in total. The molecule has 1 aromatic carbocycles. The highest BCUT2D eigenvalue weighted by atomic mass is 16.1. The van der Waals surface area contributed by atoms with Gasteiger partial charge in [-0.1, -0.05) is 44.2 Å². The predicted molar refractivity (Wildman–Crippen MR) is 86.4 cm³/mol. The fourth-order valence-electron chi connectivity index (χ4n) is 2.39. The lowest BCUT2D eigenvalue weighted by molar-refractivity contribution is -0.123. The van der Waals surface area contributed by atoms with E-state index in [1.54, 1.807) is 0 Å². The number of carbonyl (C=O) groups excluding carboxylic acids is 2. The fourth-order valence-corrected chi connectivity index (χ4v) is 2.39. The Bertz CT molecular complexity index is 616.